The summed E-state index contributed by atoms with van der Waals surface area (Å²) in [5, 5.41) is 14.8. The number of carbonyl (C=O) groups is 2. The molecular weight excluding hydrogens is 264 g/mol. The summed E-state index contributed by atoms with van der Waals surface area (Å²) >= 11 is 0. The lowest BCUT2D eigenvalue weighted by Gasteiger charge is -2.28. The van der Waals surface area contributed by atoms with Gasteiger partial charge in [-0.25, -0.2) is 4.79 Å². The molecule has 1 aliphatic heterocycles. The number of nitrogens with one attached hydrogen (secondary N) is 2. The summed E-state index contributed by atoms with van der Waals surface area (Å²) in [7, 11) is 0. The molecule has 3 unspecified atom stereocenters. The highest BCUT2D eigenvalue weighted by Crippen LogP contribution is 2.38. The van der Waals surface area contributed by atoms with Crippen molar-refractivity contribution in [1.29, 1.82) is 0 Å². The van der Waals surface area contributed by atoms with E-state index in [9.17, 15) is 14.7 Å². The summed E-state index contributed by atoms with van der Waals surface area (Å²) in [6.07, 6.45) is 1.96. The molecule has 1 aliphatic carbocycles. The van der Waals surface area contributed by atoms with Gasteiger partial charge in [0.05, 0.1) is 31.3 Å². The zero-order valence-corrected chi connectivity index (χ0v) is 11.7. The molecule has 0 bridgehead atoms. The van der Waals surface area contributed by atoms with Gasteiger partial charge in [-0.15, -0.1) is 0 Å². The number of ether oxygens (including phenoxy) is 2. The average Bonchev–Trinajstić information content (AvgIpc) is 2.80. The Kier molecular flexibility index (Phi) is 4.82. The molecule has 0 aromatic heterocycles. The molecule has 0 radical (unpaired) electrons. The molecule has 2 fully saturated rings. The van der Waals surface area contributed by atoms with Crippen LogP contribution in [-0.2, 0) is 14.3 Å². The molecule has 0 aromatic carbocycles. The van der Waals surface area contributed by atoms with Gasteiger partial charge in [-0.05, 0) is 19.8 Å². The summed E-state index contributed by atoms with van der Waals surface area (Å²) in [5.41, 5.74) is -0.873. The number of rotatable bonds is 4. The lowest BCUT2D eigenvalue weighted by molar-refractivity contribution is -0.148. The van der Waals surface area contributed by atoms with Crippen LogP contribution in [0.5, 0.6) is 0 Å². The number of aliphatic carboxylic acids is 1. The lowest BCUT2D eigenvalue weighted by Crippen LogP contribution is -2.51. The third-order valence-electron chi connectivity index (χ3n) is 4.13. The van der Waals surface area contributed by atoms with Crippen molar-refractivity contribution < 1.29 is 24.2 Å². The van der Waals surface area contributed by atoms with E-state index in [-0.39, 0.29) is 18.2 Å². The van der Waals surface area contributed by atoms with Crippen LogP contribution in [-0.4, -0.2) is 55.6 Å². The van der Waals surface area contributed by atoms with E-state index in [0.29, 0.717) is 39.2 Å². The van der Waals surface area contributed by atoms with Crippen LogP contribution in [0, 0.1) is 5.41 Å². The number of carbonyl (C=O) groups excluding carboxylic acids is 1. The van der Waals surface area contributed by atoms with Crippen molar-refractivity contribution in [2.24, 2.45) is 5.41 Å². The van der Waals surface area contributed by atoms with Crippen molar-refractivity contribution in [2.45, 2.75) is 38.3 Å². The van der Waals surface area contributed by atoms with Gasteiger partial charge in [0.25, 0.3) is 0 Å². The molecule has 7 nitrogen and oxygen atoms in total. The SMILES string of the molecule is CC1(C(=O)O)CCCC1NC(=O)NCC1COCCO1. The quantitative estimate of drug-likeness (QED) is 0.692. The van der Waals surface area contributed by atoms with E-state index in [1.165, 1.54) is 0 Å². The van der Waals surface area contributed by atoms with Gasteiger partial charge in [0.1, 0.15) is 0 Å². The first kappa shape index (κ1) is 15.1. The van der Waals surface area contributed by atoms with Crippen LogP contribution in [0.2, 0.25) is 0 Å². The van der Waals surface area contributed by atoms with E-state index >= 15 is 0 Å². The lowest BCUT2D eigenvalue weighted by atomic mass is 9.85. The minimum absolute atomic E-state index is 0.135. The van der Waals surface area contributed by atoms with E-state index in [1.807, 2.05) is 0 Å². The topological polar surface area (TPSA) is 96.9 Å². The second-order valence-corrected chi connectivity index (χ2v) is 5.59. The Labute approximate surface area is 118 Å². The fourth-order valence-corrected chi connectivity index (χ4v) is 2.72. The maximum Gasteiger partial charge on any atom is 0.315 e. The number of amides is 2. The van der Waals surface area contributed by atoms with Gasteiger partial charge < -0.3 is 25.2 Å². The fraction of sp³-hybridized carbons (Fsp3) is 0.846. The highest BCUT2D eigenvalue weighted by molar-refractivity contribution is 5.79. The van der Waals surface area contributed by atoms with Gasteiger partial charge in [0, 0.05) is 12.6 Å². The third kappa shape index (κ3) is 3.40. The first-order valence-electron chi connectivity index (χ1n) is 6.99. The minimum Gasteiger partial charge on any atom is -0.481 e. The first-order chi connectivity index (χ1) is 9.52. The van der Waals surface area contributed by atoms with E-state index < -0.39 is 11.4 Å². The number of hydrogen-bond acceptors (Lipinski definition) is 4. The molecule has 3 atom stereocenters. The number of carboxylic acid groups (broad SMARTS) is 1. The Morgan fingerprint density at radius 3 is 2.85 bits per heavy atom. The molecule has 20 heavy (non-hydrogen) atoms. The zero-order chi connectivity index (χ0) is 14.6. The van der Waals surface area contributed by atoms with Crippen LogP contribution in [0.25, 0.3) is 0 Å². The van der Waals surface area contributed by atoms with Crippen LogP contribution in [0.15, 0.2) is 0 Å². The molecule has 1 heterocycles. The van der Waals surface area contributed by atoms with E-state index in [1.54, 1.807) is 6.92 Å². The predicted octanol–water partition coefficient (Wildman–Crippen LogP) is 0.344. The fourth-order valence-electron chi connectivity index (χ4n) is 2.72. The van der Waals surface area contributed by atoms with Crippen molar-refractivity contribution in [3.05, 3.63) is 0 Å². The Morgan fingerprint density at radius 2 is 2.20 bits per heavy atom. The zero-order valence-electron chi connectivity index (χ0n) is 11.7. The summed E-state index contributed by atoms with van der Waals surface area (Å²) in [5.74, 6) is -0.857. The van der Waals surface area contributed by atoms with Crippen LogP contribution in [0.1, 0.15) is 26.2 Å². The molecule has 0 spiro atoms. The van der Waals surface area contributed by atoms with Crippen LogP contribution >= 0.6 is 0 Å². The normalized spacial score (nSPS) is 33.6. The standard InChI is InChI=1S/C13H22N2O5/c1-13(11(16)17)4-2-3-10(13)15-12(18)14-7-9-8-19-5-6-20-9/h9-10H,2-8H2,1H3,(H,16,17)(H2,14,15,18). The maximum atomic E-state index is 11.8. The Balaban J connectivity index is 1.77. The van der Waals surface area contributed by atoms with Gasteiger partial charge in [0.15, 0.2) is 0 Å². The molecule has 2 aliphatic rings. The molecule has 3 N–H and O–H groups in total. The van der Waals surface area contributed by atoms with Crippen LogP contribution < -0.4 is 10.6 Å². The average molecular weight is 286 g/mol. The van der Waals surface area contributed by atoms with E-state index in [0.717, 1.165) is 6.42 Å². The highest BCUT2D eigenvalue weighted by Gasteiger charge is 2.45. The monoisotopic (exact) mass is 286 g/mol. The summed E-state index contributed by atoms with van der Waals surface area (Å²) in [6.45, 7) is 3.64. The molecule has 2 amide bonds. The highest BCUT2D eigenvalue weighted by atomic mass is 16.6. The molecule has 1 saturated heterocycles. The van der Waals surface area contributed by atoms with Crippen molar-refractivity contribution in [2.75, 3.05) is 26.4 Å². The van der Waals surface area contributed by atoms with Crippen molar-refractivity contribution in [3.63, 3.8) is 0 Å². The van der Waals surface area contributed by atoms with Crippen molar-refractivity contribution in [3.8, 4) is 0 Å². The number of carboxylic acids is 1. The molecule has 114 valence electrons. The smallest absolute Gasteiger partial charge is 0.315 e. The Bertz CT molecular complexity index is 370. The first-order valence-corrected chi connectivity index (χ1v) is 6.99. The van der Waals surface area contributed by atoms with Gasteiger partial charge in [0.2, 0.25) is 0 Å². The van der Waals surface area contributed by atoms with Gasteiger partial charge in [-0.2, -0.15) is 0 Å². The molecule has 2 rings (SSSR count). The summed E-state index contributed by atoms with van der Waals surface area (Å²) in [4.78, 5) is 23.2. The van der Waals surface area contributed by atoms with Gasteiger partial charge in [-0.1, -0.05) is 6.42 Å². The van der Waals surface area contributed by atoms with Gasteiger partial charge >= 0.3 is 12.0 Å². The third-order valence-corrected chi connectivity index (χ3v) is 4.13. The molecule has 1 saturated carbocycles. The minimum atomic E-state index is -0.873. The van der Waals surface area contributed by atoms with Crippen LogP contribution in [0.3, 0.4) is 0 Å². The second-order valence-electron chi connectivity index (χ2n) is 5.59. The Hall–Kier alpha value is -1.34. The van der Waals surface area contributed by atoms with Gasteiger partial charge in [-0.3, -0.25) is 4.79 Å². The summed E-state index contributed by atoms with van der Waals surface area (Å²) in [6, 6.07) is -0.679. The summed E-state index contributed by atoms with van der Waals surface area (Å²) < 4.78 is 10.7. The van der Waals surface area contributed by atoms with E-state index in [2.05, 4.69) is 10.6 Å². The second kappa shape index (κ2) is 6.41. The molecule has 0 aromatic rings. The molecular formula is C13H22N2O5. The van der Waals surface area contributed by atoms with Crippen molar-refractivity contribution >= 4 is 12.0 Å². The van der Waals surface area contributed by atoms with Crippen LogP contribution in [0.4, 0.5) is 4.79 Å². The maximum absolute atomic E-state index is 11.8. The number of hydrogen-bond donors (Lipinski definition) is 3. The molecule has 7 heteroatoms. The number of urea groups is 1. The largest absolute Gasteiger partial charge is 0.481 e. The predicted molar refractivity (Wildman–Crippen MR) is 70.5 cm³/mol. The Morgan fingerprint density at radius 1 is 1.40 bits per heavy atom. The van der Waals surface area contributed by atoms with E-state index in [4.69, 9.17) is 9.47 Å². The van der Waals surface area contributed by atoms with Crippen molar-refractivity contribution in [1.82, 2.24) is 10.6 Å².